The number of nitrogens with zero attached hydrogens (tertiary/aromatic N) is 2. The van der Waals surface area contributed by atoms with E-state index in [4.69, 9.17) is 17.0 Å². The Bertz CT molecular complexity index is 1700. The van der Waals surface area contributed by atoms with Gasteiger partial charge in [0.25, 0.3) is 0 Å². The number of fused-ring (bicyclic) bond motifs is 1. The fourth-order valence-corrected chi connectivity index (χ4v) is 4.98. The van der Waals surface area contributed by atoms with E-state index in [-0.39, 0.29) is 11.3 Å². The molecule has 0 saturated carbocycles. The van der Waals surface area contributed by atoms with Crippen molar-refractivity contribution in [3.63, 3.8) is 0 Å². The first-order chi connectivity index (χ1) is 18.1. The first-order valence-electron chi connectivity index (χ1n) is 12.6. The number of anilines is 1. The minimum Gasteiger partial charge on any atom is -0.326 e. The smallest absolute Gasteiger partial charge is 0.221 e. The first-order valence-corrected chi connectivity index (χ1v) is 13.0. The van der Waals surface area contributed by atoms with Crippen molar-refractivity contribution in [1.82, 2.24) is 9.13 Å². The van der Waals surface area contributed by atoms with Gasteiger partial charge < -0.3 is 9.88 Å². The van der Waals surface area contributed by atoms with Gasteiger partial charge in [-0.15, -0.1) is 0 Å². The standard InChI is InChI=1S/C32H31ClN4O/c1-21(38)35-28-18-15-24(32(2,3)4)19-26(28)22-13-16-25(17-14-22)37-30-12-8-7-11-29(30)36(31(37)34)20-23-9-5-6-10-27(23)33/h5-19,34H,20H2,1-4H3,(H,35,38). The van der Waals surface area contributed by atoms with E-state index in [0.29, 0.717) is 17.2 Å². The molecule has 0 saturated heterocycles. The number of rotatable bonds is 5. The molecule has 0 aliphatic heterocycles. The molecule has 0 aliphatic carbocycles. The third-order valence-electron chi connectivity index (χ3n) is 6.80. The molecule has 0 atom stereocenters. The minimum atomic E-state index is -0.105. The van der Waals surface area contributed by atoms with Crippen LogP contribution >= 0.6 is 11.6 Å². The van der Waals surface area contributed by atoms with Crippen LogP contribution in [0.25, 0.3) is 27.8 Å². The maximum Gasteiger partial charge on any atom is 0.221 e. The highest BCUT2D eigenvalue weighted by atomic mass is 35.5. The number of amides is 1. The van der Waals surface area contributed by atoms with Gasteiger partial charge in [0.1, 0.15) is 0 Å². The number of halogens is 1. The highest BCUT2D eigenvalue weighted by molar-refractivity contribution is 6.31. The molecule has 0 spiro atoms. The van der Waals surface area contributed by atoms with Crippen molar-refractivity contribution >= 4 is 34.2 Å². The molecule has 1 heterocycles. The Morgan fingerprint density at radius 3 is 2.21 bits per heavy atom. The SMILES string of the molecule is CC(=O)Nc1ccc(C(C)(C)C)cc1-c1ccc(-n2c(=N)n(Cc3ccccc3Cl)c3ccccc32)cc1. The molecule has 1 amide bonds. The molecule has 0 unspecified atom stereocenters. The van der Waals surface area contributed by atoms with Crippen molar-refractivity contribution in [2.24, 2.45) is 0 Å². The Hall–Kier alpha value is -4.09. The van der Waals surface area contributed by atoms with Gasteiger partial charge in [-0.05, 0) is 64.6 Å². The summed E-state index contributed by atoms with van der Waals surface area (Å²) in [5, 5.41) is 12.8. The molecule has 0 aliphatic rings. The first kappa shape index (κ1) is 25.6. The second-order valence-corrected chi connectivity index (χ2v) is 11.0. The molecule has 192 valence electrons. The number of carbonyl (C=O) groups is 1. The summed E-state index contributed by atoms with van der Waals surface area (Å²) in [4.78, 5) is 11.9. The quantitative estimate of drug-likeness (QED) is 0.246. The van der Waals surface area contributed by atoms with Crippen LogP contribution in [0.5, 0.6) is 0 Å². The Balaban J connectivity index is 1.60. The van der Waals surface area contributed by atoms with Gasteiger partial charge in [-0.25, -0.2) is 0 Å². The van der Waals surface area contributed by atoms with E-state index in [9.17, 15) is 4.79 Å². The number of benzene rings is 4. The van der Waals surface area contributed by atoms with E-state index in [0.717, 1.165) is 39.1 Å². The summed E-state index contributed by atoms with van der Waals surface area (Å²) < 4.78 is 3.93. The monoisotopic (exact) mass is 522 g/mol. The average Bonchev–Trinajstić information content (AvgIpc) is 3.16. The van der Waals surface area contributed by atoms with E-state index < -0.39 is 0 Å². The summed E-state index contributed by atoms with van der Waals surface area (Å²) in [7, 11) is 0. The summed E-state index contributed by atoms with van der Waals surface area (Å²) in [5.74, 6) is -0.105. The van der Waals surface area contributed by atoms with Crippen molar-refractivity contribution < 1.29 is 4.79 Å². The van der Waals surface area contributed by atoms with Crippen molar-refractivity contribution in [1.29, 1.82) is 5.41 Å². The van der Waals surface area contributed by atoms with Gasteiger partial charge in [0.15, 0.2) is 0 Å². The maximum absolute atomic E-state index is 11.9. The topological polar surface area (TPSA) is 62.8 Å². The summed E-state index contributed by atoms with van der Waals surface area (Å²) in [5.41, 5.74) is 8.05. The Morgan fingerprint density at radius 1 is 0.895 bits per heavy atom. The fraction of sp³-hybridized carbons (Fsp3) is 0.188. The Morgan fingerprint density at radius 2 is 1.55 bits per heavy atom. The molecule has 38 heavy (non-hydrogen) atoms. The lowest BCUT2D eigenvalue weighted by atomic mass is 9.85. The molecule has 5 rings (SSSR count). The lowest BCUT2D eigenvalue weighted by molar-refractivity contribution is -0.114. The van der Waals surface area contributed by atoms with E-state index in [1.54, 1.807) is 0 Å². The van der Waals surface area contributed by atoms with Crippen LogP contribution in [0.15, 0.2) is 91.0 Å². The normalized spacial score (nSPS) is 11.6. The van der Waals surface area contributed by atoms with Crippen LogP contribution in [0, 0.1) is 5.41 Å². The number of nitrogens with one attached hydrogen (secondary N) is 2. The van der Waals surface area contributed by atoms with Crippen LogP contribution in [0.1, 0.15) is 38.8 Å². The number of aromatic nitrogens is 2. The zero-order chi connectivity index (χ0) is 27.0. The third kappa shape index (κ3) is 4.90. The summed E-state index contributed by atoms with van der Waals surface area (Å²) in [6.45, 7) is 8.56. The lowest BCUT2D eigenvalue weighted by Gasteiger charge is -2.22. The number of para-hydroxylation sites is 2. The van der Waals surface area contributed by atoms with Gasteiger partial charge in [0.05, 0.1) is 17.6 Å². The Labute approximate surface area is 227 Å². The average molecular weight is 523 g/mol. The highest BCUT2D eigenvalue weighted by Crippen LogP contribution is 2.34. The van der Waals surface area contributed by atoms with Gasteiger partial charge in [-0.2, -0.15) is 0 Å². The second-order valence-electron chi connectivity index (χ2n) is 10.6. The summed E-state index contributed by atoms with van der Waals surface area (Å²) in [6.07, 6.45) is 0. The number of imidazole rings is 1. The van der Waals surface area contributed by atoms with Gasteiger partial charge in [-0.1, -0.05) is 80.9 Å². The number of hydrogen-bond acceptors (Lipinski definition) is 2. The minimum absolute atomic E-state index is 0.0249. The largest absolute Gasteiger partial charge is 0.326 e. The predicted molar refractivity (Wildman–Crippen MR) is 156 cm³/mol. The Kier molecular flexibility index (Phi) is 6.72. The summed E-state index contributed by atoms with van der Waals surface area (Å²) >= 11 is 6.45. The van der Waals surface area contributed by atoms with Crippen LogP contribution in [0.2, 0.25) is 5.02 Å². The second kappa shape index (κ2) is 9.99. The molecule has 5 nitrogen and oxygen atoms in total. The van der Waals surface area contributed by atoms with Gasteiger partial charge >= 0.3 is 0 Å². The van der Waals surface area contributed by atoms with Crippen molar-refractivity contribution in [2.45, 2.75) is 39.7 Å². The molecule has 0 fully saturated rings. The molecule has 4 aromatic carbocycles. The van der Waals surface area contributed by atoms with E-state index in [2.05, 4.69) is 50.4 Å². The van der Waals surface area contributed by atoms with Crippen LogP contribution < -0.4 is 10.9 Å². The van der Waals surface area contributed by atoms with Crippen molar-refractivity contribution in [3.05, 3.63) is 113 Å². The lowest BCUT2D eigenvalue weighted by Crippen LogP contribution is -2.24. The van der Waals surface area contributed by atoms with Crippen LogP contribution in [-0.4, -0.2) is 15.0 Å². The maximum atomic E-state index is 11.9. The molecule has 0 radical (unpaired) electrons. The van der Waals surface area contributed by atoms with E-state index in [1.807, 2.05) is 75.9 Å². The predicted octanol–water partition coefficient (Wildman–Crippen LogP) is 7.54. The third-order valence-corrected chi connectivity index (χ3v) is 7.17. The molecular weight excluding hydrogens is 492 g/mol. The highest BCUT2D eigenvalue weighted by Gasteiger charge is 2.18. The molecular formula is C32H31ClN4O. The van der Waals surface area contributed by atoms with Crippen molar-refractivity contribution in [2.75, 3.05) is 5.32 Å². The number of carbonyl (C=O) groups excluding carboxylic acids is 1. The zero-order valence-corrected chi connectivity index (χ0v) is 22.8. The molecule has 0 bridgehead atoms. The molecule has 5 aromatic rings. The van der Waals surface area contributed by atoms with E-state index >= 15 is 0 Å². The number of hydrogen-bond donors (Lipinski definition) is 2. The molecule has 2 N–H and O–H groups in total. The molecule has 6 heteroatoms. The summed E-state index contributed by atoms with van der Waals surface area (Å²) in [6, 6.07) is 30.2. The van der Waals surface area contributed by atoms with Gasteiger partial charge in [0, 0.05) is 28.9 Å². The van der Waals surface area contributed by atoms with Crippen molar-refractivity contribution in [3.8, 4) is 16.8 Å². The van der Waals surface area contributed by atoms with Gasteiger partial charge in [-0.3, -0.25) is 14.8 Å². The van der Waals surface area contributed by atoms with Crippen LogP contribution in [-0.2, 0) is 16.8 Å². The van der Waals surface area contributed by atoms with Crippen LogP contribution in [0.4, 0.5) is 5.69 Å². The molecule has 1 aromatic heterocycles. The zero-order valence-electron chi connectivity index (χ0n) is 22.0. The van der Waals surface area contributed by atoms with E-state index in [1.165, 1.54) is 12.5 Å². The van der Waals surface area contributed by atoms with Gasteiger partial charge in [0.2, 0.25) is 11.5 Å². The van der Waals surface area contributed by atoms with Crippen LogP contribution in [0.3, 0.4) is 0 Å². The fourth-order valence-electron chi connectivity index (χ4n) is 4.79.